The predicted molar refractivity (Wildman–Crippen MR) is 48.0 cm³/mol. The van der Waals surface area contributed by atoms with E-state index in [9.17, 15) is 0 Å². The maximum Gasteiger partial charge on any atom is -0.0322 e. The standard InChI is InChI=1S/C10H18/c1-5-6-10(4)8-7-9(2)3/h5-6,8-9H,7H2,1-4H3/b6-5-,10-8-. The quantitative estimate of drug-likeness (QED) is 0.523. The van der Waals surface area contributed by atoms with E-state index in [4.69, 9.17) is 0 Å². The fourth-order valence-electron chi connectivity index (χ4n) is 0.753. The summed E-state index contributed by atoms with van der Waals surface area (Å²) < 4.78 is 0. The number of rotatable bonds is 3. The van der Waals surface area contributed by atoms with Crippen LogP contribution in [0.2, 0.25) is 0 Å². The van der Waals surface area contributed by atoms with Crippen LogP contribution in [0.15, 0.2) is 23.8 Å². The van der Waals surface area contributed by atoms with Crippen LogP contribution in [-0.4, -0.2) is 0 Å². The molecule has 0 aromatic heterocycles. The maximum atomic E-state index is 2.28. The van der Waals surface area contributed by atoms with Crippen LogP contribution < -0.4 is 0 Å². The molecule has 0 spiro atoms. The molecule has 0 aromatic rings. The summed E-state index contributed by atoms with van der Waals surface area (Å²) in [5.74, 6) is 0.778. The normalized spacial score (nSPS) is 13.5. The van der Waals surface area contributed by atoms with Gasteiger partial charge in [-0.25, -0.2) is 0 Å². The summed E-state index contributed by atoms with van der Waals surface area (Å²) in [6.45, 7) is 8.66. The molecule has 0 aliphatic rings. The molecule has 0 nitrogen and oxygen atoms in total. The van der Waals surface area contributed by atoms with Crippen LogP contribution in [-0.2, 0) is 0 Å². The minimum Gasteiger partial charge on any atom is -0.0874 e. The Kier molecular flexibility index (Phi) is 5.00. The lowest BCUT2D eigenvalue weighted by molar-refractivity contribution is 0.662. The number of hydrogen-bond acceptors (Lipinski definition) is 0. The first-order chi connectivity index (χ1) is 4.66. The second-order valence-corrected chi connectivity index (χ2v) is 3.08. The van der Waals surface area contributed by atoms with Gasteiger partial charge in [-0.3, -0.25) is 0 Å². The van der Waals surface area contributed by atoms with Crippen LogP contribution in [0.25, 0.3) is 0 Å². The van der Waals surface area contributed by atoms with Gasteiger partial charge in [0.25, 0.3) is 0 Å². The molecule has 0 heterocycles. The highest BCUT2D eigenvalue weighted by Crippen LogP contribution is 2.04. The summed E-state index contributed by atoms with van der Waals surface area (Å²) in [6.07, 6.45) is 7.69. The van der Waals surface area contributed by atoms with Crippen molar-refractivity contribution in [2.75, 3.05) is 0 Å². The zero-order valence-electron chi connectivity index (χ0n) is 7.52. The van der Waals surface area contributed by atoms with Gasteiger partial charge in [-0.15, -0.1) is 0 Å². The molecule has 0 saturated heterocycles. The molecule has 0 N–H and O–H groups in total. The van der Waals surface area contributed by atoms with E-state index in [1.165, 1.54) is 12.0 Å². The van der Waals surface area contributed by atoms with Crippen LogP contribution in [0.1, 0.15) is 34.1 Å². The SMILES string of the molecule is C/C=C\C(C)=C/CC(C)C. The lowest BCUT2D eigenvalue weighted by Gasteiger charge is -1.97. The molecule has 0 atom stereocenters. The van der Waals surface area contributed by atoms with Crippen molar-refractivity contribution < 1.29 is 0 Å². The molecule has 0 heteroatoms. The number of allylic oxidation sites excluding steroid dienone is 4. The fraction of sp³-hybridized carbons (Fsp3) is 0.600. The highest BCUT2D eigenvalue weighted by atomic mass is 13.9. The van der Waals surface area contributed by atoms with Gasteiger partial charge in [-0.05, 0) is 26.2 Å². The lowest BCUT2D eigenvalue weighted by atomic mass is 10.1. The first-order valence-electron chi connectivity index (χ1n) is 3.96. The topological polar surface area (TPSA) is 0 Å². The summed E-state index contributed by atoms with van der Waals surface area (Å²) in [5.41, 5.74) is 1.37. The Bertz CT molecular complexity index is 127. The Morgan fingerprint density at radius 2 is 2.00 bits per heavy atom. The van der Waals surface area contributed by atoms with E-state index in [2.05, 4.69) is 39.0 Å². The Hall–Kier alpha value is -0.520. The van der Waals surface area contributed by atoms with Gasteiger partial charge in [0, 0.05) is 0 Å². The summed E-state index contributed by atoms with van der Waals surface area (Å²) >= 11 is 0. The second kappa shape index (κ2) is 5.28. The van der Waals surface area contributed by atoms with Gasteiger partial charge < -0.3 is 0 Å². The first-order valence-corrected chi connectivity index (χ1v) is 3.96. The van der Waals surface area contributed by atoms with Gasteiger partial charge in [-0.1, -0.05) is 37.6 Å². The van der Waals surface area contributed by atoms with Gasteiger partial charge in [0.15, 0.2) is 0 Å². The van der Waals surface area contributed by atoms with E-state index in [1.54, 1.807) is 0 Å². The molecule has 0 unspecified atom stereocenters. The zero-order valence-corrected chi connectivity index (χ0v) is 7.52. The Morgan fingerprint density at radius 3 is 2.40 bits per heavy atom. The van der Waals surface area contributed by atoms with Gasteiger partial charge >= 0.3 is 0 Å². The minimum absolute atomic E-state index is 0.778. The Labute approximate surface area is 64.6 Å². The van der Waals surface area contributed by atoms with E-state index in [1.807, 2.05) is 6.92 Å². The van der Waals surface area contributed by atoms with Crippen LogP contribution in [0.4, 0.5) is 0 Å². The van der Waals surface area contributed by atoms with Gasteiger partial charge in [0.2, 0.25) is 0 Å². The molecule has 0 aliphatic heterocycles. The van der Waals surface area contributed by atoms with Crippen LogP contribution in [0.5, 0.6) is 0 Å². The molecule has 0 aliphatic carbocycles. The molecular weight excluding hydrogens is 120 g/mol. The molecule has 0 amide bonds. The first kappa shape index (κ1) is 9.48. The Morgan fingerprint density at radius 1 is 1.40 bits per heavy atom. The van der Waals surface area contributed by atoms with Crippen molar-refractivity contribution in [3.05, 3.63) is 23.8 Å². The average Bonchev–Trinajstić information content (AvgIpc) is 1.85. The van der Waals surface area contributed by atoms with E-state index < -0.39 is 0 Å². The van der Waals surface area contributed by atoms with Crippen LogP contribution >= 0.6 is 0 Å². The van der Waals surface area contributed by atoms with E-state index >= 15 is 0 Å². The highest BCUT2D eigenvalue weighted by molar-refractivity contribution is 5.14. The lowest BCUT2D eigenvalue weighted by Crippen LogP contribution is -1.82. The van der Waals surface area contributed by atoms with Gasteiger partial charge in [0.1, 0.15) is 0 Å². The molecule has 10 heavy (non-hydrogen) atoms. The van der Waals surface area contributed by atoms with Gasteiger partial charge in [-0.2, -0.15) is 0 Å². The zero-order chi connectivity index (χ0) is 7.98. The molecule has 0 radical (unpaired) electrons. The highest BCUT2D eigenvalue weighted by Gasteiger charge is 1.88. The summed E-state index contributed by atoms with van der Waals surface area (Å²) in [7, 11) is 0. The van der Waals surface area contributed by atoms with Gasteiger partial charge in [0.05, 0.1) is 0 Å². The van der Waals surface area contributed by atoms with E-state index in [0.717, 1.165) is 5.92 Å². The van der Waals surface area contributed by atoms with Crippen molar-refractivity contribution in [1.82, 2.24) is 0 Å². The third kappa shape index (κ3) is 5.61. The predicted octanol–water partition coefficient (Wildman–Crippen LogP) is 3.55. The summed E-state index contributed by atoms with van der Waals surface area (Å²) in [6, 6.07) is 0. The molecule has 0 fully saturated rings. The summed E-state index contributed by atoms with van der Waals surface area (Å²) in [4.78, 5) is 0. The third-order valence-corrected chi connectivity index (χ3v) is 1.34. The Balaban J connectivity index is 3.68. The minimum atomic E-state index is 0.778. The van der Waals surface area contributed by atoms with Crippen molar-refractivity contribution >= 4 is 0 Å². The van der Waals surface area contributed by atoms with Crippen LogP contribution in [0, 0.1) is 5.92 Å². The molecule has 58 valence electrons. The van der Waals surface area contributed by atoms with Crippen molar-refractivity contribution in [3.63, 3.8) is 0 Å². The van der Waals surface area contributed by atoms with Crippen LogP contribution in [0.3, 0.4) is 0 Å². The van der Waals surface area contributed by atoms with Crippen molar-refractivity contribution in [3.8, 4) is 0 Å². The fourth-order valence-corrected chi connectivity index (χ4v) is 0.753. The average molecular weight is 138 g/mol. The molecule has 0 aromatic carbocycles. The molecular formula is C10H18. The van der Waals surface area contributed by atoms with E-state index in [-0.39, 0.29) is 0 Å². The van der Waals surface area contributed by atoms with Crippen molar-refractivity contribution in [2.24, 2.45) is 5.92 Å². The smallest absolute Gasteiger partial charge is 0.0322 e. The maximum absolute atomic E-state index is 2.28. The molecule has 0 rings (SSSR count). The molecule has 0 bridgehead atoms. The number of hydrogen-bond donors (Lipinski definition) is 0. The largest absolute Gasteiger partial charge is 0.0874 e. The third-order valence-electron chi connectivity index (χ3n) is 1.34. The van der Waals surface area contributed by atoms with E-state index in [0.29, 0.717) is 0 Å². The molecule has 0 saturated carbocycles. The van der Waals surface area contributed by atoms with Crippen molar-refractivity contribution in [1.29, 1.82) is 0 Å². The second-order valence-electron chi connectivity index (χ2n) is 3.08. The van der Waals surface area contributed by atoms with Crippen molar-refractivity contribution in [2.45, 2.75) is 34.1 Å². The monoisotopic (exact) mass is 138 g/mol. The summed E-state index contributed by atoms with van der Waals surface area (Å²) in [5, 5.41) is 0.